The SMILES string of the molecule is NC(=O)C12CC3CC(C1)C(NC(=O)CN1CCCN(c4c(F)cc(Cl)cc4Br)S1(=O)=O)C(C3)C2. The molecule has 12 heteroatoms. The number of carbonyl (C=O) groups excluding carboxylic acids is 2. The lowest BCUT2D eigenvalue weighted by atomic mass is 9.47. The summed E-state index contributed by atoms with van der Waals surface area (Å²) in [4.78, 5) is 25.1. The second-order valence-electron chi connectivity index (χ2n) is 10.2. The van der Waals surface area contributed by atoms with Gasteiger partial charge < -0.3 is 11.1 Å². The molecule has 4 aliphatic carbocycles. The van der Waals surface area contributed by atoms with E-state index in [1.165, 1.54) is 6.07 Å². The van der Waals surface area contributed by atoms with Crippen molar-refractivity contribution in [3.05, 3.63) is 27.4 Å². The smallest absolute Gasteiger partial charge is 0.304 e. The lowest BCUT2D eigenvalue weighted by Gasteiger charge is -2.58. The Balaban J connectivity index is 1.30. The molecule has 1 heterocycles. The summed E-state index contributed by atoms with van der Waals surface area (Å²) in [5, 5.41) is 3.22. The van der Waals surface area contributed by atoms with Crippen LogP contribution in [0.15, 0.2) is 16.6 Å². The fraction of sp³-hybridized carbons (Fsp3) is 0.636. The Morgan fingerprint density at radius 2 is 1.88 bits per heavy atom. The second kappa shape index (κ2) is 8.60. The Labute approximate surface area is 211 Å². The lowest BCUT2D eigenvalue weighted by Crippen LogP contribution is -2.63. The average Bonchev–Trinajstić information content (AvgIpc) is 2.72. The van der Waals surface area contributed by atoms with Crippen molar-refractivity contribution < 1.29 is 22.4 Å². The molecule has 1 aromatic rings. The van der Waals surface area contributed by atoms with Gasteiger partial charge in [0, 0.05) is 34.0 Å². The highest BCUT2D eigenvalue weighted by Crippen LogP contribution is 2.59. The number of nitrogens with one attached hydrogen (secondary N) is 1. The van der Waals surface area contributed by atoms with Gasteiger partial charge >= 0.3 is 10.2 Å². The van der Waals surface area contributed by atoms with Gasteiger partial charge in [0.2, 0.25) is 11.8 Å². The number of primary amides is 1. The maximum Gasteiger partial charge on any atom is 0.304 e. The normalized spacial score (nSPS) is 34.3. The molecule has 1 aromatic carbocycles. The topological polar surface area (TPSA) is 113 Å². The number of amides is 2. The predicted octanol–water partition coefficient (Wildman–Crippen LogP) is 2.79. The van der Waals surface area contributed by atoms with Gasteiger partial charge in [0.15, 0.2) is 0 Å². The summed E-state index contributed by atoms with van der Waals surface area (Å²) in [5.74, 6) is -0.566. The van der Waals surface area contributed by atoms with Crippen molar-refractivity contribution >= 4 is 55.2 Å². The number of nitrogens with zero attached hydrogens (tertiary/aromatic N) is 2. The second-order valence-corrected chi connectivity index (χ2v) is 13.3. The molecule has 0 spiro atoms. The number of carbonyl (C=O) groups is 2. The van der Waals surface area contributed by atoms with Crippen molar-refractivity contribution in [1.82, 2.24) is 9.62 Å². The van der Waals surface area contributed by atoms with E-state index < -0.39 is 21.4 Å². The number of benzene rings is 1. The summed E-state index contributed by atoms with van der Waals surface area (Å²) < 4.78 is 43.5. The third kappa shape index (κ3) is 4.02. The fourth-order valence-electron chi connectivity index (χ4n) is 6.87. The minimum Gasteiger partial charge on any atom is -0.369 e. The van der Waals surface area contributed by atoms with Crippen molar-refractivity contribution in [1.29, 1.82) is 0 Å². The Morgan fingerprint density at radius 3 is 2.50 bits per heavy atom. The summed E-state index contributed by atoms with van der Waals surface area (Å²) in [7, 11) is -4.12. The minimum atomic E-state index is -4.12. The van der Waals surface area contributed by atoms with E-state index >= 15 is 0 Å². The maximum atomic E-state index is 14.6. The number of hydrogen-bond donors (Lipinski definition) is 2. The molecule has 1 aliphatic heterocycles. The van der Waals surface area contributed by atoms with E-state index in [0.717, 1.165) is 33.9 Å². The molecule has 5 fully saturated rings. The first-order valence-electron chi connectivity index (χ1n) is 11.5. The highest BCUT2D eigenvalue weighted by atomic mass is 79.9. The van der Waals surface area contributed by atoms with Crippen molar-refractivity contribution in [2.24, 2.45) is 28.9 Å². The zero-order chi connectivity index (χ0) is 24.4. The van der Waals surface area contributed by atoms with Crippen LogP contribution >= 0.6 is 27.5 Å². The lowest BCUT2D eigenvalue weighted by molar-refractivity contribution is -0.147. The van der Waals surface area contributed by atoms with Gasteiger partial charge in [-0.15, -0.1) is 0 Å². The molecule has 4 bridgehead atoms. The van der Waals surface area contributed by atoms with Crippen LogP contribution in [0.1, 0.15) is 38.5 Å². The molecule has 3 N–H and O–H groups in total. The molecule has 2 atom stereocenters. The first-order valence-corrected chi connectivity index (χ1v) is 14.1. The highest BCUT2D eigenvalue weighted by molar-refractivity contribution is 9.10. The van der Waals surface area contributed by atoms with Crippen LogP contribution in [0.2, 0.25) is 5.02 Å². The maximum absolute atomic E-state index is 14.6. The van der Waals surface area contributed by atoms with E-state index in [1.807, 2.05) is 0 Å². The fourth-order valence-corrected chi connectivity index (χ4v) is 9.67. The number of halogens is 3. The van der Waals surface area contributed by atoms with E-state index in [2.05, 4.69) is 21.2 Å². The van der Waals surface area contributed by atoms with Crippen LogP contribution in [0.4, 0.5) is 10.1 Å². The molecule has 0 radical (unpaired) electrons. The van der Waals surface area contributed by atoms with E-state index in [1.54, 1.807) is 0 Å². The third-order valence-corrected chi connectivity index (χ3v) is 10.8. The van der Waals surface area contributed by atoms with Gasteiger partial charge in [-0.3, -0.25) is 13.9 Å². The van der Waals surface area contributed by atoms with Crippen LogP contribution in [0.25, 0.3) is 0 Å². The number of nitrogens with two attached hydrogens (primary N) is 1. The van der Waals surface area contributed by atoms with E-state index in [9.17, 15) is 22.4 Å². The van der Waals surface area contributed by atoms with Gasteiger partial charge in [-0.2, -0.15) is 12.7 Å². The first kappa shape index (κ1) is 24.3. The number of rotatable bonds is 5. The molecule has 186 valence electrons. The molecular weight excluding hydrogens is 551 g/mol. The van der Waals surface area contributed by atoms with Crippen LogP contribution in [-0.2, 0) is 19.8 Å². The molecule has 34 heavy (non-hydrogen) atoms. The standard InChI is InChI=1S/C22H27BrClFN4O4S/c23-16-6-15(24)7-17(25)20(16)29-3-1-2-28(34(29,32)33)11-18(30)27-19-13-4-12-5-14(19)10-22(8-12,9-13)21(26)31/h6-7,12-14,19H,1-5,8-11H2,(H2,26,31)(H,27,30). The Morgan fingerprint density at radius 1 is 1.21 bits per heavy atom. The zero-order valence-corrected chi connectivity index (χ0v) is 21.6. The predicted molar refractivity (Wildman–Crippen MR) is 129 cm³/mol. The molecule has 1 saturated heterocycles. The van der Waals surface area contributed by atoms with Crippen molar-refractivity contribution in [3.63, 3.8) is 0 Å². The quantitative estimate of drug-likeness (QED) is 0.560. The van der Waals surface area contributed by atoms with Crippen molar-refractivity contribution in [3.8, 4) is 0 Å². The van der Waals surface area contributed by atoms with Crippen LogP contribution in [0.5, 0.6) is 0 Å². The van der Waals surface area contributed by atoms with E-state index in [0.29, 0.717) is 25.2 Å². The number of hydrogen-bond acceptors (Lipinski definition) is 4. The zero-order valence-electron chi connectivity index (χ0n) is 18.5. The first-order chi connectivity index (χ1) is 16.0. The largest absolute Gasteiger partial charge is 0.369 e. The monoisotopic (exact) mass is 576 g/mol. The molecule has 8 nitrogen and oxygen atoms in total. The minimum absolute atomic E-state index is 0.0806. The van der Waals surface area contributed by atoms with Gasteiger partial charge in [-0.25, -0.2) is 4.39 Å². The van der Waals surface area contributed by atoms with Gasteiger partial charge in [0.05, 0.1) is 6.54 Å². The molecule has 0 aromatic heterocycles. The van der Waals surface area contributed by atoms with Gasteiger partial charge in [0.1, 0.15) is 11.5 Å². The molecule has 5 aliphatic rings. The molecule has 2 unspecified atom stereocenters. The third-order valence-electron chi connectivity index (χ3n) is 8.05. The Bertz CT molecular complexity index is 1110. The van der Waals surface area contributed by atoms with Crippen LogP contribution < -0.4 is 15.4 Å². The van der Waals surface area contributed by atoms with Gasteiger partial charge in [-0.05, 0) is 84.3 Å². The van der Waals surface area contributed by atoms with E-state index in [4.69, 9.17) is 17.3 Å². The number of anilines is 1. The highest BCUT2D eigenvalue weighted by Gasteiger charge is 2.58. The van der Waals surface area contributed by atoms with Gasteiger partial charge in [-0.1, -0.05) is 11.6 Å². The molecule has 4 saturated carbocycles. The van der Waals surface area contributed by atoms with E-state index in [-0.39, 0.29) is 64.5 Å². The van der Waals surface area contributed by atoms with Gasteiger partial charge in [0.25, 0.3) is 0 Å². The van der Waals surface area contributed by atoms with Crippen LogP contribution in [0.3, 0.4) is 0 Å². The summed E-state index contributed by atoms with van der Waals surface area (Å²) in [6.45, 7) is -0.0730. The molecule has 2 amide bonds. The summed E-state index contributed by atoms with van der Waals surface area (Å²) >= 11 is 9.08. The summed E-state index contributed by atoms with van der Waals surface area (Å²) in [6.07, 6.45) is 4.55. The van der Waals surface area contributed by atoms with Crippen molar-refractivity contribution in [2.45, 2.75) is 44.6 Å². The molecule has 6 rings (SSSR count). The Kier molecular flexibility index (Phi) is 6.14. The van der Waals surface area contributed by atoms with Crippen molar-refractivity contribution in [2.75, 3.05) is 23.9 Å². The summed E-state index contributed by atoms with van der Waals surface area (Å²) in [5.41, 5.74) is 5.17. The van der Waals surface area contributed by atoms with Crippen LogP contribution in [0, 0.1) is 29.0 Å². The Hall–Kier alpha value is -1.43. The molecular formula is C22H27BrClFN4O4S. The average molecular weight is 578 g/mol. The van der Waals surface area contributed by atoms with Crippen LogP contribution in [-0.4, -0.2) is 50.2 Å². The summed E-state index contributed by atoms with van der Waals surface area (Å²) in [6, 6.07) is 2.42.